The topological polar surface area (TPSA) is 142 Å². The van der Waals surface area contributed by atoms with Gasteiger partial charge in [-0.15, -0.1) is 0 Å². The van der Waals surface area contributed by atoms with E-state index in [-0.39, 0.29) is 29.4 Å². The van der Waals surface area contributed by atoms with Crippen LogP contribution in [0.25, 0.3) is 10.9 Å². The predicted molar refractivity (Wildman–Crippen MR) is 111 cm³/mol. The molecule has 0 saturated carbocycles. The third-order valence-corrected chi connectivity index (χ3v) is 4.87. The monoisotopic (exact) mass is 449 g/mol. The Morgan fingerprint density at radius 1 is 1.23 bits per heavy atom. The van der Waals surface area contributed by atoms with Crippen LogP contribution in [-0.4, -0.2) is 44.5 Å². The molecule has 0 spiro atoms. The van der Waals surface area contributed by atoms with Gasteiger partial charge in [0, 0.05) is 17.5 Å². The summed E-state index contributed by atoms with van der Waals surface area (Å²) in [4.78, 5) is 24.8. The number of fused-ring (bicyclic) bond motifs is 1. The highest BCUT2D eigenvalue weighted by molar-refractivity contribution is 6.30. The van der Waals surface area contributed by atoms with E-state index in [1.165, 1.54) is 16.8 Å². The molecule has 1 unspecified atom stereocenters. The Morgan fingerprint density at radius 3 is 2.68 bits per heavy atom. The first-order valence-electron chi connectivity index (χ1n) is 9.31. The lowest BCUT2D eigenvalue weighted by atomic mass is 10.2. The maximum Gasteiger partial charge on any atom is 0.245 e. The Labute approximate surface area is 181 Å². The normalized spacial score (nSPS) is 13.1. The van der Waals surface area contributed by atoms with E-state index in [1.54, 1.807) is 30.3 Å². The zero-order chi connectivity index (χ0) is 22.5. The number of nitrogens with zero attached hydrogens (tertiary/aromatic N) is 2. The lowest BCUT2D eigenvalue weighted by molar-refractivity contribution is -0.130. The van der Waals surface area contributed by atoms with Gasteiger partial charge in [0.25, 0.3) is 0 Å². The summed E-state index contributed by atoms with van der Waals surface area (Å²) in [5.74, 6) is -1.95. The van der Waals surface area contributed by atoms with E-state index in [4.69, 9.17) is 17.3 Å². The van der Waals surface area contributed by atoms with Crippen LogP contribution in [0.3, 0.4) is 0 Å². The fraction of sp³-hybridized carbons (Fsp3) is 0.250. The van der Waals surface area contributed by atoms with E-state index in [2.05, 4.69) is 15.7 Å². The molecule has 0 aliphatic heterocycles. The number of nitrogens with two attached hydrogens (primary N) is 1. The quantitative estimate of drug-likeness (QED) is 0.318. The van der Waals surface area contributed by atoms with Gasteiger partial charge in [0.2, 0.25) is 11.8 Å². The molecule has 31 heavy (non-hydrogen) atoms. The average molecular weight is 450 g/mol. The first-order valence-corrected chi connectivity index (χ1v) is 9.69. The molecule has 6 N–H and O–H groups in total. The Kier molecular flexibility index (Phi) is 7.18. The third kappa shape index (κ3) is 5.17. The second kappa shape index (κ2) is 9.84. The fourth-order valence-corrected chi connectivity index (χ4v) is 3.25. The smallest absolute Gasteiger partial charge is 0.245 e. The summed E-state index contributed by atoms with van der Waals surface area (Å²) < 4.78 is 15.3. The molecule has 3 rings (SSSR count). The number of nitrogens with one attached hydrogen (secondary N) is 2. The van der Waals surface area contributed by atoms with Crippen LogP contribution in [0.4, 0.5) is 4.39 Å². The zero-order valence-corrected chi connectivity index (χ0v) is 17.0. The molecule has 0 saturated heterocycles. The van der Waals surface area contributed by atoms with E-state index in [9.17, 15) is 24.2 Å². The van der Waals surface area contributed by atoms with Crippen LogP contribution in [0, 0.1) is 5.82 Å². The lowest BCUT2D eigenvalue weighted by Crippen LogP contribution is -2.49. The van der Waals surface area contributed by atoms with Gasteiger partial charge in [0.05, 0.1) is 17.1 Å². The second-order valence-electron chi connectivity index (χ2n) is 6.74. The molecular weight excluding hydrogens is 429 g/mol. The lowest BCUT2D eigenvalue weighted by Gasteiger charge is -2.16. The number of hydrogen-bond donors (Lipinski definition) is 5. The van der Waals surface area contributed by atoms with Crippen LogP contribution in [0.1, 0.15) is 17.5 Å². The van der Waals surface area contributed by atoms with Crippen molar-refractivity contribution in [3.05, 3.63) is 64.6 Å². The van der Waals surface area contributed by atoms with Gasteiger partial charge in [-0.1, -0.05) is 41.9 Å². The van der Waals surface area contributed by atoms with Gasteiger partial charge in [-0.3, -0.25) is 14.3 Å². The van der Waals surface area contributed by atoms with Gasteiger partial charge in [-0.25, -0.2) is 4.39 Å². The summed E-state index contributed by atoms with van der Waals surface area (Å²) in [5.41, 5.74) is 6.47. The van der Waals surface area contributed by atoms with E-state index in [1.807, 2.05) is 0 Å². The van der Waals surface area contributed by atoms with E-state index in [0.29, 0.717) is 10.9 Å². The Morgan fingerprint density at radius 2 is 1.97 bits per heavy atom. The van der Waals surface area contributed by atoms with Crippen molar-refractivity contribution in [2.75, 3.05) is 6.61 Å². The van der Waals surface area contributed by atoms with Gasteiger partial charge in [0.15, 0.2) is 0 Å². The molecule has 1 aromatic heterocycles. The van der Waals surface area contributed by atoms with Gasteiger partial charge in [0.1, 0.15) is 30.3 Å². The van der Waals surface area contributed by atoms with Crippen molar-refractivity contribution in [3.63, 3.8) is 0 Å². The maximum atomic E-state index is 13.9. The van der Waals surface area contributed by atoms with Crippen molar-refractivity contribution in [1.29, 1.82) is 0 Å². The first kappa shape index (κ1) is 22.6. The van der Waals surface area contributed by atoms with Crippen molar-refractivity contribution in [2.45, 2.75) is 25.4 Å². The molecule has 0 radical (unpaired) electrons. The Bertz CT molecular complexity index is 1100. The van der Waals surface area contributed by atoms with Crippen LogP contribution in [0.15, 0.2) is 42.5 Å². The van der Waals surface area contributed by atoms with Gasteiger partial charge >= 0.3 is 0 Å². The Hall–Kier alpha value is -3.05. The number of aliphatic hydroxyl groups is 2. The molecule has 1 heterocycles. The molecule has 11 heteroatoms. The van der Waals surface area contributed by atoms with Crippen molar-refractivity contribution < 1.29 is 24.2 Å². The van der Waals surface area contributed by atoms with Crippen LogP contribution < -0.4 is 16.4 Å². The minimum atomic E-state index is -1.32. The summed E-state index contributed by atoms with van der Waals surface area (Å²) in [5, 5.41) is 28.7. The molecule has 164 valence electrons. The number of halogens is 2. The van der Waals surface area contributed by atoms with Crippen LogP contribution in [0.2, 0.25) is 5.02 Å². The number of carbonyl (C=O) groups is 2. The molecule has 0 aliphatic carbocycles. The predicted octanol–water partition coefficient (Wildman–Crippen LogP) is 0.572. The standard InChI is InChI=1S/C20H21ClFN5O4/c21-13-6-3-4-11(17(13)22)8-24-20(31)14(10-28)25-16(29)9-27-15-7-2-1-5-12(15)18(26-27)19(23)30/h1-7,14,19,28,30H,8-10,23H2,(H,24,31)(H,25,29)/t14-,19?/m0/s1. The first-order chi connectivity index (χ1) is 14.8. The summed E-state index contributed by atoms with van der Waals surface area (Å²) in [6, 6.07) is 10.0. The number of para-hydroxylation sites is 1. The molecule has 2 atom stereocenters. The van der Waals surface area contributed by atoms with E-state index in [0.717, 1.165) is 0 Å². The number of hydrogen-bond acceptors (Lipinski definition) is 6. The largest absolute Gasteiger partial charge is 0.394 e. The number of carbonyl (C=O) groups excluding carboxylic acids is 2. The summed E-state index contributed by atoms with van der Waals surface area (Å²) >= 11 is 5.71. The Balaban J connectivity index is 1.65. The number of benzene rings is 2. The zero-order valence-electron chi connectivity index (χ0n) is 16.3. The minimum Gasteiger partial charge on any atom is -0.394 e. The highest BCUT2D eigenvalue weighted by atomic mass is 35.5. The van der Waals surface area contributed by atoms with Crippen LogP contribution in [-0.2, 0) is 22.7 Å². The van der Waals surface area contributed by atoms with Crippen LogP contribution in [0.5, 0.6) is 0 Å². The van der Waals surface area contributed by atoms with Crippen molar-refractivity contribution in [1.82, 2.24) is 20.4 Å². The van der Waals surface area contributed by atoms with Crippen molar-refractivity contribution in [2.24, 2.45) is 5.73 Å². The summed E-state index contributed by atoms with van der Waals surface area (Å²) in [6.07, 6.45) is -1.32. The fourth-order valence-electron chi connectivity index (χ4n) is 3.05. The molecule has 0 aliphatic rings. The SMILES string of the molecule is NC(O)c1nn(CC(=O)N[C@@H](CO)C(=O)NCc2cccc(Cl)c2F)c2ccccc12. The highest BCUT2D eigenvalue weighted by Gasteiger charge is 2.22. The summed E-state index contributed by atoms with van der Waals surface area (Å²) in [7, 11) is 0. The maximum absolute atomic E-state index is 13.9. The van der Waals surface area contributed by atoms with Gasteiger partial charge < -0.3 is 26.6 Å². The molecule has 2 aromatic carbocycles. The van der Waals surface area contributed by atoms with Crippen molar-refractivity contribution >= 4 is 34.3 Å². The highest BCUT2D eigenvalue weighted by Crippen LogP contribution is 2.21. The van der Waals surface area contributed by atoms with E-state index < -0.39 is 36.5 Å². The number of rotatable bonds is 8. The number of aromatic nitrogens is 2. The minimum absolute atomic E-state index is 0.0767. The molecular formula is C20H21ClFN5O4. The van der Waals surface area contributed by atoms with E-state index >= 15 is 0 Å². The molecule has 9 nitrogen and oxygen atoms in total. The second-order valence-corrected chi connectivity index (χ2v) is 7.15. The average Bonchev–Trinajstić information content (AvgIpc) is 3.11. The molecule has 0 bridgehead atoms. The number of amides is 2. The molecule has 2 amide bonds. The number of aliphatic hydroxyl groups excluding tert-OH is 2. The third-order valence-electron chi connectivity index (χ3n) is 4.58. The van der Waals surface area contributed by atoms with Crippen LogP contribution >= 0.6 is 11.6 Å². The van der Waals surface area contributed by atoms with Gasteiger partial charge in [-0.2, -0.15) is 5.10 Å². The van der Waals surface area contributed by atoms with Crippen molar-refractivity contribution in [3.8, 4) is 0 Å². The van der Waals surface area contributed by atoms with Gasteiger partial charge in [-0.05, 0) is 12.1 Å². The molecule has 0 fully saturated rings. The molecule has 3 aromatic rings. The summed E-state index contributed by atoms with van der Waals surface area (Å²) in [6.45, 7) is -1.11.